The lowest BCUT2D eigenvalue weighted by Crippen LogP contribution is -2.07. The number of carboxylic acids is 1. The number of sulfone groups is 1. The standard InChI is InChI=1S/C14H11ClO4S/c15-12-7-6-11(14(16)17)8-13(12)20(18,19)9-10-4-2-1-3-5-10/h1-8H,9H2,(H,16,17). The number of halogens is 1. The highest BCUT2D eigenvalue weighted by Gasteiger charge is 2.20. The van der Waals surface area contributed by atoms with E-state index >= 15 is 0 Å². The van der Waals surface area contributed by atoms with Gasteiger partial charge in [-0.3, -0.25) is 0 Å². The van der Waals surface area contributed by atoms with Crippen molar-refractivity contribution < 1.29 is 18.3 Å². The molecular weight excluding hydrogens is 300 g/mol. The second-order valence-corrected chi connectivity index (χ2v) is 6.56. The molecule has 0 radical (unpaired) electrons. The van der Waals surface area contributed by atoms with E-state index in [2.05, 4.69) is 0 Å². The molecule has 104 valence electrons. The molecule has 0 aliphatic heterocycles. The Morgan fingerprint density at radius 3 is 2.35 bits per heavy atom. The highest BCUT2D eigenvalue weighted by Crippen LogP contribution is 2.26. The van der Waals surface area contributed by atoms with Crippen molar-refractivity contribution in [1.29, 1.82) is 0 Å². The van der Waals surface area contributed by atoms with Gasteiger partial charge in [-0.15, -0.1) is 0 Å². The lowest BCUT2D eigenvalue weighted by Gasteiger charge is -2.07. The fraction of sp³-hybridized carbons (Fsp3) is 0.0714. The zero-order valence-corrected chi connectivity index (χ0v) is 11.9. The third-order valence-electron chi connectivity index (χ3n) is 2.71. The van der Waals surface area contributed by atoms with Gasteiger partial charge in [-0.2, -0.15) is 0 Å². The molecule has 4 nitrogen and oxygen atoms in total. The quantitative estimate of drug-likeness (QED) is 0.942. The average molecular weight is 311 g/mol. The zero-order valence-electron chi connectivity index (χ0n) is 10.3. The van der Waals surface area contributed by atoms with Gasteiger partial charge in [0, 0.05) is 0 Å². The van der Waals surface area contributed by atoms with Gasteiger partial charge < -0.3 is 5.11 Å². The molecule has 0 amide bonds. The van der Waals surface area contributed by atoms with Crippen LogP contribution in [0.25, 0.3) is 0 Å². The maximum Gasteiger partial charge on any atom is 0.335 e. The summed E-state index contributed by atoms with van der Waals surface area (Å²) in [6.45, 7) is 0. The van der Waals surface area contributed by atoms with Crippen LogP contribution in [0.3, 0.4) is 0 Å². The predicted octanol–water partition coefficient (Wildman–Crippen LogP) is 3.01. The normalized spacial score (nSPS) is 11.2. The van der Waals surface area contributed by atoms with Crippen LogP contribution in [0.1, 0.15) is 15.9 Å². The molecule has 0 unspecified atom stereocenters. The van der Waals surface area contributed by atoms with E-state index in [4.69, 9.17) is 16.7 Å². The second kappa shape index (κ2) is 5.64. The van der Waals surface area contributed by atoms with Gasteiger partial charge >= 0.3 is 5.97 Å². The fourth-order valence-electron chi connectivity index (χ4n) is 1.75. The van der Waals surface area contributed by atoms with Crippen LogP contribution >= 0.6 is 11.6 Å². The number of hydrogen-bond donors (Lipinski definition) is 1. The Kier molecular flexibility index (Phi) is 4.11. The van der Waals surface area contributed by atoms with Crippen molar-refractivity contribution in [2.24, 2.45) is 0 Å². The third-order valence-corrected chi connectivity index (χ3v) is 4.88. The van der Waals surface area contributed by atoms with Crippen LogP contribution in [0, 0.1) is 0 Å². The largest absolute Gasteiger partial charge is 0.478 e. The van der Waals surface area contributed by atoms with Crippen molar-refractivity contribution >= 4 is 27.4 Å². The molecule has 0 fully saturated rings. The number of carboxylic acid groups (broad SMARTS) is 1. The Morgan fingerprint density at radius 2 is 1.75 bits per heavy atom. The van der Waals surface area contributed by atoms with Gasteiger partial charge in [-0.05, 0) is 23.8 Å². The summed E-state index contributed by atoms with van der Waals surface area (Å²) in [5.74, 6) is -1.42. The van der Waals surface area contributed by atoms with Crippen molar-refractivity contribution in [3.05, 3.63) is 64.7 Å². The topological polar surface area (TPSA) is 71.4 Å². The van der Waals surface area contributed by atoms with E-state index in [1.165, 1.54) is 12.1 Å². The van der Waals surface area contributed by atoms with E-state index in [1.54, 1.807) is 30.3 Å². The van der Waals surface area contributed by atoms with Crippen molar-refractivity contribution in [1.82, 2.24) is 0 Å². The van der Waals surface area contributed by atoms with E-state index in [9.17, 15) is 13.2 Å². The summed E-state index contributed by atoms with van der Waals surface area (Å²) >= 11 is 5.88. The summed E-state index contributed by atoms with van der Waals surface area (Å²) < 4.78 is 24.6. The van der Waals surface area contributed by atoms with Crippen molar-refractivity contribution in [3.8, 4) is 0 Å². The van der Waals surface area contributed by atoms with Gasteiger partial charge in [-0.1, -0.05) is 41.9 Å². The Balaban J connectivity index is 2.44. The molecule has 0 atom stereocenters. The summed E-state index contributed by atoms with van der Waals surface area (Å²) in [5, 5.41) is 8.94. The Bertz CT molecular complexity index is 739. The van der Waals surface area contributed by atoms with Gasteiger partial charge in [-0.25, -0.2) is 13.2 Å². The molecular formula is C14H11ClO4S. The molecule has 0 bridgehead atoms. The number of rotatable bonds is 4. The molecule has 1 N–H and O–H groups in total. The number of benzene rings is 2. The molecule has 0 aliphatic carbocycles. The summed E-state index contributed by atoms with van der Waals surface area (Å²) in [6, 6.07) is 12.3. The van der Waals surface area contributed by atoms with Gasteiger partial charge in [0.25, 0.3) is 0 Å². The molecule has 20 heavy (non-hydrogen) atoms. The van der Waals surface area contributed by atoms with Crippen LogP contribution in [-0.2, 0) is 15.6 Å². The molecule has 0 heterocycles. The van der Waals surface area contributed by atoms with Crippen LogP contribution in [0.2, 0.25) is 5.02 Å². The maximum atomic E-state index is 12.3. The number of aromatic carboxylic acids is 1. The second-order valence-electron chi connectivity index (χ2n) is 4.20. The van der Waals surface area contributed by atoms with Crippen LogP contribution in [0.15, 0.2) is 53.4 Å². The maximum absolute atomic E-state index is 12.3. The first-order valence-electron chi connectivity index (χ1n) is 5.70. The van der Waals surface area contributed by atoms with Gasteiger partial charge in [0.15, 0.2) is 9.84 Å². The van der Waals surface area contributed by atoms with Gasteiger partial charge in [0.1, 0.15) is 0 Å². The van der Waals surface area contributed by atoms with E-state index in [-0.39, 0.29) is 21.2 Å². The minimum Gasteiger partial charge on any atom is -0.478 e. The van der Waals surface area contributed by atoms with Crippen molar-refractivity contribution in [2.75, 3.05) is 0 Å². The molecule has 6 heteroatoms. The molecule has 2 rings (SSSR count). The average Bonchev–Trinajstić information content (AvgIpc) is 2.39. The first-order valence-corrected chi connectivity index (χ1v) is 7.73. The first-order chi connectivity index (χ1) is 9.40. The van der Waals surface area contributed by atoms with E-state index in [1.807, 2.05) is 0 Å². The molecule has 2 aromatic carbocycles. The monoisotopic (exact) mass is 310 g/mol. The first kappa shape index (κ1) is 14.6. The minimum atomic E-state index is -3.70. The molecule has 2 aromatic rings. The lowest BCUT2D eigenvalue weighted by molar-refractivity contribution is 0.0696. The molecule has 0 aromatic heterocycles. The SMILES string of the molecule is O=C(O)c1ccc(Cl)c(S(=O)(=O)Cc2ccccc2)c1. The van der Waals surface area contributed by atoms with Crippen LogP contribution < -0.4 is 0 Å². The highest BCUT2D eigenvalue weighted by atomic mass is 35.5. The number of carbonyl (C=O) groups is 1. The van der Waals surface area contributed by atoms with Gasteiger partial charge in [0.05, 0.1) is 21.2 Å². The summed E-state index contributed by atoms with van der Waals surface area (Å²) in [5.41, 5.74) is 0.505. The molecule has 0 spiro atoms. The van der Waals surface area contributed by atoms with E-state index in [0.29, 0.717) is 5.56 Å². The summed E-state index contributed by atoms with van der Waals surface area (Å²) in [4.78, 5) is 10.7. The Morgan fingerprint density at radius 1 is 1.10 bits per heavy atom. The summed E-state index contributed by atoms with van der Waals surface area (Å²) in [6.07, 6.45) is 0. The molecule has 0 saturated carbocycles. The molecule has 0 aliphatic rings. The van der Waals surface area contributed by atoms with Gasteiger partial charge in [0.2, 0.25) is 0 Å². The third kappa shape index (κ3) is 3.18. The number of hydrogen-bond acceptors (Lipinski definition) is 3. The van der Waals surface area contributed by atoms with Crippen LogP contribution in [0.5, 0.6) is 0 Å². The van der Waals surface area contributed by atoms with E-state index < -0.39 is 15.8 Å². The highest BCUT2D eigenvalue weighted by molar-refractivity contribution is 7.90. The van der Waals surface area contributed by atoms with Crippen molar-refractivity contribution in [2.45, 2.75) is 10.6 Å². The Labute approximate surface area is 121 Å². The zero-order chi connectivity index (χ0) is 14.8. The van der Waals surface area contributed by atoms with Crippen LogP contribution in [0.4, 0.5) is 0 Å². The predicted molar refractivity (Wildman–Crippen MR) is 75.7 cm³/mol. The minimum absolute atomic E-state index is 0.0194. The lowest BCUT2D eigenvalue weighted by atomic mass is 10.2. The fourth-order valence-corrected chi connectivity index (χ4v) is 3.67. The Hall–Kier alpha value is -1.85. The van der Waals surface area contributed by atoms with Crippen molar-refractivity contribution in [3.63, 3.8) is 0 Å². The van der Waals surface area contributed by atoms with Crippen LogP contribution in [-0.4, -0.2) is 19.5 Å². The van der Waals surface area contributed by atoms with E-state index in [0.717, 1.165) is 6.07 Å². The molecule has 0 saturated heterocycles. The summed E-state index contributed by atoms with van der Waals surface area (Å²) in [7, 11) is -3.70. The smallest absolute Gasteiger partial charge is 0.335 e.